The first-order chi connectivity index (χ1) is 7.49. The van der Waals surface area contributed by atoms with Crippen LogP contribution in [0.3, 0.4) is 0 Å². The monoisotopic (exact) mass is 243 g/mol. The Kier molecular flexibility index (Phi) is 3.57. The lowest BCUT2D eigenvalue weighted by molar-refractivity contribution is -0.385. The number of benzene rings is 1. The van der Waals surface area contributed by atoms with Crippen LogP contribution in [-0.4, -0.2) is 23.2 Å². The van der Waals surface area contributed by atoms with E-state index in [2.05, 4.69) is 4.74 Å². The van der Waals surface area contributed by atoms with Crippen molar-refractivity contribution in [3.63, 3.8) is 0 Å². The van der Waals surface area contributed by atoms with Gasteiger partial charge in [0.1, 0.15) is 5.56 Å². The molecule has 0 amide bonds. The molecule has 0 saturated carbocycles. The molecule has 7 heteroatoms. The Bertz CT molecular complexity index is 471. The molecule has 84 valence electrons. The normalized spacial score (nSPS) is 9.62. The molecule has 0 unspecified atom stereocenters. The number of hydrogen-bond donors (Lipinski definition) is 0. The number of nitro groups is 1. The Labute approximate surface area is 94.9 Å². The number of nitro benzene ring substituents is 1. The van der Waals surface area contributed by atoms with Gasteiger partial charge in [-0.15, -0.1) is 0 Å². The van der Waals surface area contributed by atoms with Crippen molar-refractivity contribution in [3.05, 3.63) is 39.4 Å². The standard InChI is InChI=1S/C9H6ClNO5/c1-16-9(13)5-3-2-4-6(11(14)15)7(5)8(10)12/h2-4H,1H3. The molecule has 0 radical (unpaired) electrons. The molecule has 0 bridgehead atoms. The van der Waals surface area contributed by atoms with Crippen molar-refractivity contribution in [1.82, 2.24) is 0 Å². The van der Waals surface area contributed by atoms with E-state index in [0.717, 1.165) is 13.2 Å². The van der Waals surface area contributed by atoms with Gasteiger partial charge in [-0.05, 0) is 17.7 Å². The van der Waals surface area contributed by atoms with Crippen LogP contribution in [0.5, 0.6) is 0 Å². The highest BCUT2D eigenvalue weighted by Crippen LogP contribution is 2.24. The Balaban J connectivity index is 3.51. The maximum Gasteiger partial charge on any atom is 0.338 e. The van der Waals surface area contributed by atoms with Gasteiger partial charge in [0, 0.05) is 6.07 Å². The van der Waals surface area contributed by atoms with Crippen LogP contribution in [-0.2, 0) is 4.74 Å². The van der Waals surface area contributed by atoms with E-state index in [1.807, 2.05) is 0 Å². The first-order valence-electron chi connectivity index (χ1n) is 4.04. The molecule has 0 aliphatic carbocycles. The van der Waals surface area contributed by atoms with E-state index in [9.17, 15) is 19.7 Å². The highest BCUT2D eigenvalue weighted by molar-refractivity contribution is 6.68. The van der Waals surface area contributed by atoms with Gasteiger partial charge >= 0.3 is 5.97 Å². The minimum Gasteiger partial charge on any atom is -0.465 e. The Morgan fingerprint density at radius 2 is 2.06 bits per heavy atom. The predicted molar refractivity (Wildman–Crippen MR) is 54.6 cm³/mol. The third-order valence-electron chi connectivity index (χ3n) is 1.84. The SMILES string of the molecule is COC(=O)c1cccc([N+](=O)[O-])c1C(=O)Cl. The second kappa shape index (κ2) is 4.71. The van der Waals surface area contributed by atoms with Crippen molar-refractivity contribution < 1.29 is 19.2 Å². The first kappa shape index (κ1) is 12.1. The number of methoxy groups -OCH3 is 1. The molecule has 0 spiro atoms. The number of ether oxygens (including phenoxy) is 1. The summed E-state index contributed by atoms with van der Waals surface area (Å²) in [5.74, 6) is -0.854. The zero-order valence-electron chi connectivity index (χ0n) is 8.10. The molecule has 0 saturated heterocycles. The van der Waals surface area contributed by atoms with Crippen LogP contribution in [0.25, 0.3) is 0 Å². The molecule has 16 heavy (non-hydrogen) atoms. The number of hydrogen-bond acceptors (Lipinski definition) is 5. The lowest BCUT2D eigenvalue weighted by atomic mass is 10.1. The van der Waals surface area contributed by atoms with E-state index in [-0.39, 0.29) is 5.56 Å². The summed E-state index contributed by atoms with van der Waals surface area (Å²) < 4.78 is 4.39. The van der Waals surface area contributed by atoms with E-state index in [1.54, 1.807) is 0 Å². The van der Waals surface area contributed by atoms with Gasteiger partial charge in [-0.25, -0.2) is 4.79 Å². The van der Waals surface area contributed by atoms with E-state index < -0.39 is 27.4 Å². The third kappa shape index (κ3) is 2.17. The number of esters is 1. The molecule has 0 aromatic heterocycles. The van der Waals surface area contributed by atoms with E-state index in [1.165, 1.54) is 12.1 Å². The topological polar surface area (TPSA) is 86.5 Å². The predicted octanol–water partition coefficient (Wildman–Crippen LogP) is 1.76. The minimum atomic E-state index is -1.08. The molecule has 0 N–H and O–H groups in total. The highest BCUT2D eigenvalue weighted by Gasteiger charge is 2.26. The Morgan fingerprint density at radius 1 is 1.44 bits per heavy atom. The third-order valence-corrected chi connectivity index (χ3v) is 2.03. The van der Waals surface area contributed by atoms with E-state index >= 15 is 0 Å². The summed E-state index contributed by atoms with van der Waals surface area (Å²) in [6, 6.07) is 3.59. The summed E-state index contributed by atoms with van der Waals surface area (Å²) in [4.78, 5) is 32.2. The second-order valence-electron chi connectivity index (χ2n) is 2.72. The largest absolute Gasteiger partial charge is 0.465 e. The van der Waals surface area contributed by atoms with Crippen LogP contribution >= 0.6 is 11.6 Å². The van der Waals surface area contributed by atoms with Crippen molar-refractivity contribution >= 4 is 28.5 Å². The molecular weight excluding hydrogens is 238 g/mol. The molecule has 1 rings (SSSR count). The molecule has 0 atom stereocenters. The number of rotatable bonds is 3. The van der Waals surface area contributed by atoms with Gasteiger partial charge in [-0.2, -0.15) is 0 Å². The lowest BCUT2D eigenvalue weighted by Crippen LogP contribution is -2.10. The summed E-state index contributed by atoms with van der Waals surface area (Å²) in [6.07, 6.45) is 0. The van der Waals surface area contributed by atoms with Gasteiger partial charge in [0.2, 0.25) is 0 Å². The number of halogens is 1. The zero-order chi connectivity index (χ0) is 12.3. The average molecular weight is 244 g/mol. The Hall–Kier alpha value is -1.95. The zero-order valence-corrected chi connectivity index (χ0v) is 8.85. The van der Waals surface area contributed by atoms with Crippen molar-refractivity contribution in [3.8, 4) is 0 Å². The summed E-state index contributed by atoms with van der Waals surface area (Å²) in [5.41, 5.74) is -1.21. The molecular formula is C9H6ClNO5. The van der Waals surface area contributed by atoms with Gasteiger partial charge in [-0.3, -0.25) is 14.9 Å². The quantitative estimate of drug-likeness (QED) is 0.349. The van der Waals surface area contributed by atoms with Gasteiger partial charge < -0.3 is 4.74 Å². The van der Waals surface area contributed by atoms with Crippen molar-refractivity contribution in [2.45, 2.75) is 0 Å². The fourth-order valence-electron chi connectivity index (χ4n) is 1.18. The first-order valence-corrected chi connectivity index (χ1v) is 4.42. The summed E-state index contributed by atoms with van der Waals surface area (Å²) in [5, 5.41) is 9.56. The highest BCUT2D eigenvalue weighted by atomic mass is 35.5. The van der Waals surface area contributed by atoms with E-state index in [0.29, 0.717) is 0 Å². The summed E-state index contributed by atoms with van der Waals surface area (Å²) >= 11 is 5.21. The second-order valence-corrected chi connectivity index (χ2v) is 3.07. The van der Waals surface area contributed by atoms with Crippen LogP contribution < -0.4 is 0 Å². The summed E-state index contributed by atoms with van der Waals surface area (Å²) in [6.45, 7) is 0. The molecule has 6 nitrogen and oxygen atoms in total. The fourth-order valence-corrected chi connectivity index (χ4v) is 1.38. The lowest BCUT2D eigenvalue weighted by Gasteiger charge is -2.04. The fraction of sp³-hybridized carbons (Fsp3) is 0.111. The molecule has 0 aliphatic rings. The molecule has 1 aromatic carbocycles. The average Bonchev–Trinajstić information content (AvgIpc) is 2.26. The van der Waals surface area contributed by atoms with Crippen molar-refractivity contribution in [2.24, 2.45) is 0 Å². The van der Waals surface area contributed by atoms with Crippen LogP contribution in [0.15, 0.2) is 18.2 Å². The van der Waals surface area contributed by atoms with Crippen molar-refractivity contribution in [1.29, 1.82) is 0 Å². The smallest absolute Gasteiger partial charge is 0.338 e. The van der Waals surface area contributed by atoms with Crippen LogP contribution in [0.1, 0.15) is 20.7 Å². The van der Waals surface area contributed by atoms with Crippen LogP contribution in [0, 0.1) is 10.1 Å². The van der Waals surface area contributed by atoms with Gasteiger partial charge in [0.05, 0.1) is 17.6 Å². The van der Waals surface area contributed by atoms with E-state index in [4.69, 9.17) is 11.6 Å². The number of carbonyl (C=O) groups is 2. The molecule has 0 heterocycles. The van der Waals surface area contributed by atoms with Gasteiger partial charge in [-0.1, -0.05) is 6.07 Å². The minimum absolute atomic E-state index is 0.225. The number of nitrogens with zero attached hydrogens (tertiary/aromatic N) is 1. The van der Waals surface area contributed by atoms with Gasteiger partial charge in [0.25, 0.3) is 10.9 Å². The van der Waals surface area contributed by atoms with Crippen LogP contribution in [0.2, 0.25) is 0 Å². The molecule has 0 fully saturated rings. The molecule has 1 aromatic rings. The maximum absolute atomic E-state index is 11.3. The Morgan fingerprint density at radius 3 is 2.50 bits per heavy atom. The molecule has 0 aliphatic heterocycles. The maximum atomic E-state index is 11.3. The van der Waals surface area contributed by atoms with Crippen LogP contribution in [0.4, 0.5) is 5.69 Å². The summed E-state index contributed by atoms with van der Waals surface area (Å²) in [7, 11) is 1.10. The number of carbonyl (C=O) groups excluding carboxylic acids is 2. The van der Waals surface area contributed by atoms with Gasteiger partial charge in [0.15, 0.2) is 0 Å². The van der Waals surface area contributed by atoms with Crippen molar-refractivity contribution in [2.75, 3.05) is 7.11 Å².